The van der Waals surface area contributed by atoms with E-state index in [2.05, 4.69) is 32.8 Å². The zero-order valence-electron chi connectivity index (χ0n) is 14.0. The Bertz CT molecular complexity index is 657. The summed E-state index contributed by atoms with van der Waals surface area (Å²) in [6.07, 6.45) is 1.80. The molecule has 0 aliphatic carbocycles. The van der Waals surface area contributed by atoms with Crippen LogP contribution in [0, 0.1) is 5.92 Å². The fourth-order valence-electron chi connectivity index (χ4n) is 3.40. The van der Waals surface area contributed by atoms with Crippen LogP contribution < -0.4 is 5.56 Å². The van der Waals surface area contributed by atoms with E-state index in [-0.39, 0.29) is 22.5 Å². The molecule has 1 aromatic rings. The first-order valence-electron chi connectivity index (χ1n) is 7.99. The zero-order chi connectivity index (χ0) is 16.1. The lowest BCUT2D eigenvalue weighted by molar-refractivity contribution is -0.0705. The predicted molar refractivity (Wildman–Crippen MR) is 91.3 cm³/mol. The van der Waals surface area contributed by atoms with Crippen LogP contribution in [0.5, 0.6) is 0 Å². The lowest BCUT2D eigenvalue weighted by Gasteiger charge is -2.36. The number of hydrogen-bond acceptors (Lipinski definition) is 4. The predicted octanol–water partition coefficient (Wildman–Crippen LogP) is 3.80. The van der Waals surface area contributed by atoms with Gasteiger partial charge in [0.25, 0.3) is 5.56 Å². The van der Waals surface area contributed by atoms with Crippen LogP contribution in [0.15, 0.2) is 9.79 Å². The Morgan fingerprint density at radius 2 is 2.18 bits per heavy atom. The van der Waals surface area contributed by atoms with E-state index in [1.54, 1.807) is 11.8 Å². The number of nitrogens with one attached hydrogen (secondary N) is 1. The maximum atomic E-state index is 12.5. The van der Waals surface area contributed by atoms with E-state index in [1.807, 2.05) is 11.6 Å². The summed E-state index contributed by atoms with van der Waals surface area (Å²) in [5.74, 6) is 1.24. The fourth-order valence-corrected chi connectivity index (χ4v) is 4.51. The Kier molecular flexibility index (Phi) is 4.01. The largest absolute Gasteiger partial charge is 0.375 e. The molecular formula is C16H25N3O2S. The molecule has 1 aromatic heterocycles. The molecule has 0 saturated carbocycles. The highest BCUT2D eigenvalue weighted by atomic mass is 32.2. The van der Waals surface area contributed by atoms with Crippen LogP contribution in [-0.4, -0.2) is 27.0 Å². The summed E-state index contributed by atoms with van der Waals surface area (Å²) in [5, 5.41) is 4.27. The van der Waals surface area contributed by atoms with Gasteiger partial charge in [-0.1, -0.05) is 13.8 Å². The molecule has 0 aromatic carbocycles. The van der Waals surface area contributed by atoms with Gasteiger partial charge in [0.1, 0.15) is 0 Å². The van der Waals surface area contributed by atoms with Gasteiger partial charge in [-0.05, 0) is 39.5 Å². The number of aliphatic imine (C=N–C) groups is 1. The van der Waals surface area contributed by atoms with E-state index >= 15 is 0 Å². The molecule has 1 N–H and O–H groups in total. The van der Waals surface area contributed by atoms with Gasteiger partial charge in [0, 0.05) is 11.9 Å². The van der Waals surface area contributed by atoms with Gasteiger partial charge in [0.15, 0.2) is 5.82 Å². The highest BCUT2D eigenvalue weighted by molar-refractivity contribution is 8.14. The first-order valence-corrected chi connectivity index (χ1v) is 8.87. The molecule has 2 atom stereocenters. The Labute approximate surface area is 135 Å². The standard InChI is InChI=1S/C16H25N3O2S/c1-9(2)13-12-14(17-10(3)22-13)19(18-15(12)20)11-6-7-21-16(4,5)8-11/h9,11,13H,6-8H2,1-5H3,(H,18,20)/t11-,13+/m0/s1. The van der Waals surface area contributed by atoms with Crippen molar-refractivity contribution in [1.29, 1.82) is 0 Å². The molecule has 0 bridgehead atoms. The van der Waals surface area contributed by atoms with Gasteiger partial charge in [-0.15, -0.1) is 11.8 Å². The molecule has 6 heteroatoms. The highest BCUT2D eigenvalue weighted by Gasteiger charge is 2.35. The normalized spacial score (nSPS) is 27.6. The van der Waals surface area contributed by atoms with Gasteiger partial charge >= 0.3 is 0 Å². The minimum atomic E-state index is -0.156. The summed E-state index contributed by atoms with van der Waals surface area (Å²) >= 11 is 1.70. The molecule has 22 heavy (non-hydrogen) atoms. The van der Waals surface area contributed by atoms with Crippen LogP contribution >= 0.6 is 11.8 Å². The molecule has 0 radical (unpaired) electrons. The Morgan fingerprint density at radius 3 is 2.82 bits per heavy atom. The summed E-state index contributed by atoms with van der Waals surface area (Å²) < 4.78 is 7.80. The summed E-state index contributed by atoms with van der Waals surface area (Å²) in [5.41, 5.74) is 0.702. The van der Waals surface area contributed by atoms with Crippen molar-refractivity contribution in [2.45, 2.75) is 64.4 Å². The molecule has 3 heterocycles. The van der Waals surface area contributed by atoms with Crippen LogP contribution in [0.1, 0.15) is 64.3 Å². The van der Waals surface area contributed by atoms with Gasteiger partial charge in [-0.2, -0.15) is 0 Å². The zero-order valence-corrected chi connectivity index (χ0v) is 14.8. The van der Waals surface area contributed by atoms with Crippen molar-refractivity contribution in [3.05, 3.63) is 15.9 Å². The van der Waals surface area contributed by atoms with Crippen molar-refractivity contribution in [2.75, 3.05) is 6.61 Å². The lowest BCUT2D eigenvalue weighted by atomic mass is 9.94. The molecule has 5 nitrogen and oxygen atoms in total. The molecule has 2 aliphatic rings. The molecule has 122 valence electrons. The van der Waals surface area contributed by atoms with Gasteiger partial charge in [-0.25, -0.2) is 4.99 Å². The summed E-state index contributed by atoms with van der Waals surface area (Å²) in [4.78, 5) is 17.2. The maximum Gasteiger partial charge on any atom is 0.270 e. The minimum Gasteiger partial charge on any atom is -0.375 e. The Balaban J connectivity index is 2.05. The average molecular weight is 323 g/mol. The van der Waals surface area contributed by atoms with Crippen molar-refractivity contribution < 1.29 is 4.74 Å². The summed E-state index contributed by atoms with van der Waals surface area (Å²) in [7, 11) is 0. The van der Waals surface area contributed by atoms with E-state index in [9.17, 15) is 4.79 Å². The molecule has 1 saturated heterocycles. The fraction of sp³-hybridized carbons (Fsp3) is 0.750. The molecule has 0 amide bonds. The maximum absolute atomic E-state index is 12.5. The topological polar surface area (TPSA) is 59.4 Å². The molecule has 1 fully saturated rings. The van der Waals surface area contributed by atoms with Crippen molar-refractivity contribution in [3.63, 3.8) is 0 Å². The van der Waals surface area contributed by atoms with Crippen LogP contribution in [0.3, 0.4) is 0 Å². The van der Waals surface area contributed by atoms with Crippen molar-refractivity contribution in [1.82, 2.24) is 9.78 Å². The van der Waals surface area contributed by atoms with Crippen LogP contribution in [0.2, 0.25) is 0 Å². The number of H-pyrrole nitrogens is 1. The number of ether oxygens (including phenoxy) is 1. The number of aromatic amines is 1. The van der Waals surface area contributed by atoms with Crippen LogP contribution in [0.25, 0.3) is 0 Å². The second-order valence-electron chi connectivity index (χ2n) is 7.22. The van der Waals surface area contributed by atoms with Crippen LogP contribution in [-0.2, 0) is 4.74 Å². The summed E-state index contributed by atoms with van der Waals surface area (Å²) in [6.45, 7) is 11.3. The third kappa shape index (κ3) is 2.78. The van der Waals surface area contributed by atoms with E-state index < -0.39 is 0 Å². The quantitative estimate of drug-likeness (QED) is 0.900. The molecule has 3 rings (SSSR count). The average Bonchev–Trinajstić information content (AvgIpc) is 2.74. The second-order valence-corrected chi connectivity index (χ2v) is 8.55. The Morgan fingerprint density at radius 1 is 1.45 bits per heavy atom. The number of aromatic nitrogens is 2. The van der Waals surface area contributed by atoms with E-state index in [0.29, 0.717) is 5.92 Å². The van der Waals surface area contributed by atoms with E-state index in [1.165, 1.54) is 0 Å². The number of fused-ring (bicyclic) bond motifs is 1. The summed E-state index contributed by atoms with van der Waals surface area (Å²) in [6, 6.07) is 0.243. The minimum absolute atomic E-state index is 0.0155. The van der Waals surface area contributed by atoms with Crippen molar-refractivity contribution in [3.8, 4) is 0 Å². The van der Waals surface area contributed by atoms with Crippen molar-refractivity contribution in [2.24, 2.45) is 10.9 Å². The van der Waals surface area contributed by atoms with Gasteiger partial charge in [-0.3, -0.25) is 14.6 Å². The molecular weight excluding hydrogens is 298 g/mol. The smallest absolute Gasteiger partial charge is 0.270 e. The number of hydrogen-bond donors (Lipinski definition) is 1. The SMILES string of the molecule is CC1=Nc2c(c(=O)[nH]n2[C@H]2CCOC(C)(C)C2)[C@@H](C(C)C)S1. The van der Waals surface area contributed by atoms with E-state index in [0.717, 1.165) is 35.9 Å². The van der Waals surface area contributed by atoms with Gasteiger partial charge in [0.05, 0.1) is 22.3 Å². The first-order chi connectivity index (χ1) is 10.3. The van der Waals surface area contributed by atoms with Gasteiger partial charge < -0.3 is 4.74 Å². The lowest BCUT2D eigenvalue weighted by Crippen LogP contribution is -2.35. The van der Waals surface area contributed by atoms with Gasteiger partial charge in [0.2, 0.25) is 0 Å². The first kappa shape index (κ1) is 15.9. The van der Waals surface area contributed by atoms with E-state index in [4.69, 9.17) is 9.73 Å². The van der Waals surface area contributed by atoms with Crippen molar-refractivity contribution >= 4 is 22.6 Å². The monoisotopic (exact) mass is 323 g/mol. The van der Waals surface area contributed by atoms with Crippen LogP contribution in [0.4, 0.5) is 5.82 Å². The number of nitrogens with zero attached hydrogens (tertiary/aromatic N) is 2. The second kappa shape index (κ2) is 5.57. The third-order valence-electron chi connectivity index (χ3n) is 4.42. The third-order valence-corrected chi connectivity index (χ3v) is 5.89. The highest BCUT2D eigenvalue weighted by Crippen LogP contribution is 2.45. The number of rotatable bonds is 2. The Hall–Kier alpha value is -1.01. The molecule has 2 aliphatic heterocycles. The molecule has 0 spiro atoms. The molecule has 0 unspecified atom stereocenters. The number of thioether (sulfide) groups is 1.